The van der Waals surface area contributed by atoms with Gasteiger partial charge < -0.3 is 18.4 Å². The van der Waals surface area contributed by atoms with Gasteiger partial charge in [0.15, 0.2) is 0 Å². The van der Waals surface area contributed by atoms with Crippen molar-refractivity contribution in [1.82, 2.24) is 0 Å². The number of carbonyl (C=O) groups is 1. The average Bonchev–Trinajstić information content (AvgIpc) is 2.65. The van der Waals surface area contributed by atoms with Crippen molar-refractivity contribution in [3.05, 3.63) is 59.7 Å². The van der Waals surface area contributed by atoms with Crippen molar-refractivity contribution in [2.45, 2.75) is 45.2 Å². The lowest BCUT2D eigenvalue weighted by atomic mass is 10.2. The first-order valence-corrected chi connectivity index (χ1v) is 9.88. The van der Waals surface area contributed by atoms with Crippen LogP contribution in [0.5, 0.6) is 11.5 Å². The SMILES string of the molecule is COC(=O)c1cc(OCc2ccccc2)cc(O[C@@H](C)COSC(C)(C)C)c1. The molecule has 0 N–H and O–H groups in total. The van der Waals surface area contributed by atoms with Gasteiger partial charge in [-0.1, -0.05) is 30.3 Å². The molecular weight excluding hydrogens is 376 g/mol. The summed E-state index contributed by atoms with van der Waals surface area (Å²) >= 11 is 1.41. The van der Waals surface area contributed by atoms with Crippen LogP contribution in [0.25, 0.3) is 0 Å². The number of benzene rings is 2. The molecule has 2 aromatic rings. The molecule has 0 aliphatic rings. The van der Waals surface area contributed by atoms with Crippen LogP contribution < -0.4 is 9.47 Å². The topological polar surface area (TPSA) is 54.0 Å². The van der Waals surface area contributed by atoms with Crippen LogP contribution in [0.1, 0.15) is 43.6 Å². The standard InChI is InChI=1S/C22H28O5S/c1-16(14-26-28-22(2,3)4)27-20-12-18(21(23)24-5)11-19(13-20)25-15-17-9-7-6-8-10-17/h6-13,16H,14-15H2,1-5H3/t16-/m0/s1. The van der Waals surface area contributed by atoms with Gasteiger partial charge in [-0.25, -0.2) is 4.79 Å². The van der Waals surface area contributed by atoms with E-state index >= 15 is 0 Å². The predicted molar refractivity (Wildman–Crippen MR) is 112 cm³/mol. The van der Waals surface area contributed by atoms with Gasteiger partial charge in [0.2, 0.25) is 0 Å². The highest BCUT2D eigenvalue weighted by Gasteiger charge is 2.15. The van der Waals surface area contributed by atoms with Crippen LogP contribution in [0.2, 0.25) is 0 Å². The lowest BCUT2D eigenvalue weighted by Gasteiger charge is -2.20. The molecule has 0 saturated carbocycles. The van der Waals surface area contributed by atoms with Crippen LogP contribution in [0, 0.1) is 0 Å². The molecule has 0 unspecified atom stereocenters. The quantitative estimate of drug-likeness (QED) is 0.418. The van der Waals surface area contributed by atoms with Crippen molar-refractivity contribution >= 4 is 18.0 Å². The van der Waals surface area contributed by atoms with Crippen LogP contribution in [-0.4, -0.2) is 30.5 Å². The maximum Gasteiger partial charge on any atom is 0.338 e. The predicted octanol–water partition coefficient (Wildman–Crippen LogP) is 5.28. The van der Waals surface area contributed by atoms with E-state index < -0.39 is 5.97 Å². The van der Waals surface area contributed by atoms with Crippen molar-refractivity contribution in [1.29, 1.82) is 0 Å². The molecule has 2 rings (SSSR count). The Morgan fingerprint density at radius 2 is 1.75 bits per heavy atom. The molecule has 0 radical (unpaired) electrons. The molecule has 6 heteroatoms. The van der Waals surface area contributed by atoms with Gasteiger partial charge in [-0.15, -0.1) is 0 Å². The van der Waals surface area contributed by atoms with Gasteiger partial charge in [0.05, 0.1) is 19.3 Å². The highest BCUT2D eigenvalue weighted by molar-refractivity contribution is 7.96. The van der Waals surface area contributed by atoms with Crippen LogP contribution >= 0.6 is 12.0 Å². The third-order valence-electron chi connectivity index (χ3n) is 3.50. The molecule has 0 amide bonds. The Bertz CT molecular complexity index is 755. The minimum Gasteiger partial charge on any atom is -0.489 e. The molecule has 2 aromatic carbocycles. The molecule has 0 saturated heterocycles. The number of ether oxygens (including phenoxy) is 3. The van der Waals surface area contributed by atoms with Crippen LogP contribution in [0.3, 0.4) is 0 Å². The molecule has 0 bridgehead atoms. The Kier molecular flexibility index (Phi) is 8.20. The fraction of sp³-hybridized carbons (Fsp3) is 0.409. The maximum atomic E-state index is 12.0. The number of carbonyl (C=O) groups excluding carboxylic acids is 1. The second kappa shape index (κ2) is 10.4. The van der Waals surface area contributed by atoms with E-state index in [1.807, 2.05) is 37.3 Å². The van der Waals surface area contributed by atoms with Crippen molar-refractivity contribution in [3.63, 3.8) is 0 Å². The first kappa shape index (κ1) is 22.1. The van der Waals surface area contributed by atoms with Crippen molar-refractivity contribution in [3.8, 4) is 11.5 Å². The Hall–Kier alpha value is -2.18. The van der Waals surface area contributed by atoms with Gasteiger partial charge in [0.1, 0.15) is 24.2 Å². The van der Waals surface area contributed by atoms with E-state index in [0.29, 0.717) is 30.3 Å². The largest absolute Gasteiger partial charge is 0.489 e. The third-order valence-corrected chi connectivity index (χ3v) is 4.25. The van der Waals surface area contributed by atoms with E-state index in [1.165, 1.54) is 19.2 Å². The number of hydrogen-bond donors (Lipinski definition) is 0. The van der Waals surface area contributed by atoms with Crippen molar-refractivity contribution in [2.75, 3.05) is 13.7 Å². The summed E-state index contributed by atoms with van der Waals surface area (Å²) < 4.78 is 22.3. The molecule has 5 nitrogen and oxygen atoms in total. The average molecular weight is 405 g/mol. The first-order valence-electron chi connectivity index (χ1n) is 9.14. The monoisotopic (exact) mass is 404 g/mol. The Labute approximate surface area is 171 Å². The summed E-state index contributed by atoms with van der Waals surface area (Å²) in [5, 5.41) is 0. The maximum absolute atomic E-state index is 12.0. The number of methoxy groups -OCH3 is 1. The lowest BCUT2D eigenvalue weighted by molar-refractivity contribution is 0.0599. The minimum absolute atomic E-state index is 0.0168. The van der Waals surface area contributed by atoms with E-state index in [4.69, 9.17) is 18.4 Å². The Morgan fingerprint density at radius 1 is 1.07 bits per heavy atom. The van der Waals surface area contributed by atoms with Gasteiger partial charge >= 0.3 is 5.97 Å². The summed E-state index contributed by atoms with van der Waals surface area (Å²) in [6, 6.07) is 14.9. The molecule has 1 atom stereocenters. The molecule has 28 heavy (non-hydrogen) atoms. The smallest absolute Gasteiger partial charge is 0.338 e. The fourth-order valence-corrected chi connectivity index (χ4v) is 2.89. The molecule has 0 spiro atoms. The number of hydrogen-bond acceptors (Lipinski definition) is 6. The summed E-state index contributed by atoms with van der Waals surface area (Å²) in [5.41, 5.74) is 1.41. The second-order valence-corrected chi connectivity index (χ2v) is 8.99. The number of esters is 1. The van der Waals surface area contributed by atoms with E-state index in [0.717, 1.165) is 5.56 Å². The van der Waals surface area contributed by atoms with E-state index in [-0.39, 0.29) is 10.9 Å². The Morgan fingerprint density at radius 3 is 2.39 bits per heavy atom. The molecule has 0 aliphatic heterocycles. The molecule has 152 valence electrons. The summed E-state index contributed by atoms with van der Waals surface area (Å²) in [5.74, 6) is 0.629. The zero-order valence-electron chi connectivity index (χ0n) is 17.1. The highest BCUT2D eigenvalue weighted by Crippen LogP contribution is 2.27. The number of rotatable bonds is 9. The molecule has 0 aromatic heterocycles. The molecular formula is C22H28O5S. The van der Waals surface area contributed by atoms with Gasteiger partial charge in [0.25, 0.3) is 0 Å². The van der Waals surface area contributed by atoms with Crippen LogP contribution in [0.4, 0.5) is 0 Å². The second-order valence-electron chi connectivity index (χ2n) is 7.37. The summed E-state index contributed by atoms with van der Waals surface area (Å²) in [6.45, 7) is 8.98. The fourth-order valence-electron chi connectivity index (χ4n) is 2.27. The van der Waals surface area contributed by atoms with Crippen LogP contribution in [-0.2, 0) is 15.5 Å². The first-order chi connectivity index (χ1) is 13.3. The van der Waals surface area contributed by atoms with Crippen LogP contribution in [0.15, 0.2) is 48.5 Å². The zero-order valence-corrected chi connectivity index (χ0v) is 17.9. The van der Waals surface area contributed by atoms with Gasteiger partial charge in [-0.2, -0.15) is 0 Å². The van der Waals surface area contributed by atoms with E-state index in [1.54, 1.807) is 18.2 Å². The summed E-state index contributed by atoms with van der Waals surface area (Å²) in [6.07, 6.45) is -0.190. The summed E-state index contributed by atoms with van der Waals surface area (Å²) in [7, 11) is 1.35. The summed E-state index contributed by atoms with van der Waals surface area (Å²) in [4.78, 5) is 12.0. The van der Waals surface area contributed by atoms with Gasteiger partial charge in [0, 0.05) is 10.8 Å². The van der Waals surface area contributed by atoms with Gasteiger partial charge in [-0.05, 0) is 57.4 Å². The molecule has 0 fully saturated rings. The Balaban J connectivity index is 2.06. The highest BCUT2D eigenvalue weighted by atomic mass is 32.2. The van der Waals surface area contributed by atoms with E-state index in [9.17, 15) is 4.79 Å². The minimum atomic E-state index is -0.442. The normalized spacial score (nSPS) is 12.3. The zero-order chi connectivity index (χ0) is 20.6. The van der Waals surface area contributed by atoms with E-state index in [2.05, 4.69) is 20.8 Å². The molecule has 0 heterocycles. The van der Waals surface area contributed by atoms with Crippen molar-refractivity contribution < 1.29 is 23.2 Å². The lowest BCUT2D eigenvalue weighted by Crippen LogP contribution is -2.19. The van der Waals surface area contributed by atoms with Crippen molar-refractivity contribution in [2.24, 2.45) is 0 Å². The molecule has 0 aliphatic carbocycles. The van der Waals surface area contributed by atoms with Gasteiger partial charge in [-0.3, -0.25) is 0 Å². The third kappa shape index (κ3) is 7.82.